The molecule has 0 amide bonds. The molecule has 3 heteroatoms. The van der Waals surface area contributed by atoms with E-state index in [-0.39, 0.29) is 11.6 Å². The Morgan fingerprint density at radius 1 is 1.33 bits per heavy atom. The Labute approximate surface area is 108 Å². The third kappa shape index (κ3) is 1.43. The largest absolute Gasteiger partial charge is 0.462 e. The molecule has 0 aromatic rings. The first-order chi connectivity index (χ1) is 8.69. The lowest BCUT2D eigenvalue weighted by Crippen LogP contribution is -2.33. The molecule has 0 aromatic carbocycles. The fourth-order valence-corrected chi connectivity index (χ4v) is 4.59. The van der Waals surface area contributed by atoms with Crippen LogP contribution in [-0.2, 0) is 14.3 Å². The SMILES string of the molecule is C[C@@]1([C@@H]2CC[C@H]3CCC=C4C(=O)OC[C@H]4[C@@H]32)CO1. The fourth-order valence-electron chi connectivity index (χ4n) is 4.59. The van der Waals surface area contributed by atoms with Crippen molar-refractivity contribution < 1.29 is 14.3 Å². The molecule has 5 atom stereocenters. The summed E-state index contributed by atoms with van der Waals surface area (Å²) in [6, 6.07) is 0. The number of allylic oxidation sites excluding steroid dienone is 1. The second-order valence-electron chi connectivity index (χ2n) is 6.56. The molecular formula is C15H20O3. The van der Waals surface area contributed by atoms with Crippen molar-refractivity contribution in [3.05, 3.63) is 11.6 Å². The minimum Gasteiger partial charge on any atom is -0.462 e. The van der Waals surface area contributed by atoms with Gasteiger partial charge in [-0.1, -0.05) is 6.08 Å². The van der Waals surface area contributed by atoms with Crippen LogP contribution in [0.1, 0.15) is 32.6 Å². The molecule has 0 radical (unpaired) electrons. The summed E-state index contributed by atoms with van der Waals surface area (Å²) < 4.78 is 11.0. The minimum absolute atomic E-state index is 0.0619. The van der Waals surface area contributed by atoms with Crippen LogP contribution < -0.4 is 0 Å². The van der Waals surface area contributed by atoms with Crippen molar-refractivity contribution in [1.82, 2.24) is 0 Å². The van der Waals surface area contributed by atoms with Crippen LogP contribution >= 0.6 is 0 Å². The normalized spacial score (nSPS) is 50.1. The summed E-state index contributed by atoms with van der Waals surface area (Å²) in [7, 11) is 0. The van der Waals surface area contributed by atoms with E-state index in [9.17, 15) is 4.79 Å². The third-order valence-electron chi connectivity index (χ3n) is 5.64. The van der Waals surface area contributed by atoms with Crippen LogP contribution in [0.5, 0.6) is 0 Å². The maximum absolute atomic E-state index is 11.8. The third-order valence-corrected chi connectivity index (χ3v) is 5.64. The van der Waals surface area contributed by atoms with Crippen LogP contribution in [0, 0.1) is 23.7 Å². The van der Waals surface area contributed by atoms with Gasteiger partial charge in [0.15, 0.2) is 0 Å². The number of esters is 1. The molecule has 3 fully saturated rings. The molecule has 0 N–H and O–H groups in total. The van der Waals surface area contributed by atoms with E-state index in [1.54, 1.807) is 0 Å². The van der Waals surface area contributed by atoms with Crippen LogP contribution in [-0.4, -0.2) is 24.8 Å². The first-order valence-corrected chi connectivity index (χ1v) is 7.20. The number of hydrogen-bond acceptors (Lipinski definition) is 3. The molecule has 4 aliphatic rings. The molecule has 0 aromatic heterocycles. The first kappa shape index (κ1) is 11.0. The molecule has 0 unspecified atom stereocenters. The van der Waals surface area contributed by atoms with Gasteiger partial charge in [0.05, 0.1) is 18.8 Å². The van der Waals surface area contributed by atoms with Crippen molar-refractivity contribution in [2.24, 2.45) is 23.7 Å². The molecule has 2 heterocycles. The number of ether oxygens (including phenoxy) is 2. The Kier molecular flexibility index (Phi) is 2.20. The van der Waals surface area contributed by atoms with Gasteiger partial charge in [-0.15, -0.1) is 0 Å². The molecule has 2 saturated heterocycles. The zero-order valence-corrected chi connectivity index (χ0v) is 10.9. The molecule has 1 saturated carbocycles. The van der Waals surface area contributed by atoms with Gasteiger partial charge < -0.3 is 9.47 Å². The van der Waals surface area contributed by atoms with Gasteiger partial charge in [0, 0.05) is 11.5 Å². The number of epoxide rings is 1. The maximum Gasteiger partial charge on any atom is 0.334 e. The fraction of sp³-hybridized carbons (Fsp3) is 0.800. The van der Waals surface area contributed by atoms with E-state index in [1.165, 1.54) is 19.3 Å². The van der Waals surface area contributed by atoms with Crippen LogP contribution in [0.25, 0.3) is 0 Å². The lowest BCUT2D eigenvalue weighted by molar-refractivity contribution is -0.135. The Hall–Kier alpha value is -0.830. The van der Waals surface area contributed by atoms with E-state index >= 15 is 0 Å². The smallest absolute Gasteiger partial charge is 0.334 e. The van der Waals surface area contributed by atoms with Gasteiger partial charge in [0.25, 0.3) is 0 Å². The highest BCUT2D eigenvalue weighted by Crippen LogP contribution is 2.56. The highest BCUT2D eigenvalue weighted by Gasteiger charge is 2.57. The monoisotopic (exact) mass is 248 g/mol. The highest BCUT2D eigenvalue weighted by atomic mass is 16.6. The summed E-state index contributed by atoms with van der Waals surface area (Å²) >= 11 is 0. The predicted molar refractivity (Wildman–Crippen MR) is 65.8 cm³/mol. The second kappa shape index (κ2) is 3.60. The second-order valence-corrected chi connectivity index (χ2v) is 6.56. The Morgan fingerprint density at radius 2 is 2.17 bits per heavy atom. The van der Waals surface area contributed by atoms with Gasteiger partial charge in [-0.3, -0.25) is 0 Å². The van der Waals surface area contributed by atoms with Crippen molar-refractivity contribution in [1.29, 1.82) is 0 Å². The lowest BCUT2D eigenvalue weighted by Gasteiger charge is -2.30. The number of cyclic esters (lactones) is 1. The number of carbonyl (C=O) groups is 1. The molecular weight excluding hydrogens is 228 g/mol. The van der Waals surface area contributed by atoms with Crippen LogP contribution in [0.2, 0.25) is 0 Å². The van der Waals surface area contributed by atoms with Gasteiger partial charge in [-0.25, -0.2) is 4.79 Å². The molecule has 98 valence electrons. The summed E-state index contributed by atoms with van der Waals surface area (Å²) in [6.07, 6.45) is 7.01. The van der Waals surface area contributed by atoms with Crippen molar-refractivity contribution in [3.8, 4) is 0 Å². The lowest BCUT2D eigenvalue weighted by atomic mass is 9.73. The first-order valence-electron chi connectivity index (χ1n) is 7.20. The van der Waals surface area contributed by atoms with E-state index in [2.05, 4.69) is 13.0 Å². The Balaban J connectivity index is 1.69. The summed E-state index contributed by atoms with van der Waals surface area (Å²) in [5.74, 6) is 2.29. The average Bonchev–Trinajstić information content (AvgIpc) is 2.86. The topological polar surface area (TPSA) is 38.8 Å². The minimum atomic E-state index is -0.0619. The van der Waals surface area contributed by atoms with E-state index in [4.69, 9.17) is 9.47 Å². The zero-order chi connectivity index (χ0) is 12.3. The highest BCUT2D eigenvalue weighted by molar-refractivity contribution is 5.91. The quantitative estimate of drug-likeness (QED) is 0.528. The van der Waals surface area contributed by atoms with Gasteiger partial charge in [-0.05, 0) is 50.4 Å². The van der Waals surface area contributed by atoms with Crippen LogP contribution in [0.15, 0.2) is 11.6 Å². The molecule has 0 bridgehead atoms. The van der Waals surface area contributed by atoms with Gasteiger partial charge in [-0.2, -0.15) is 0 Å². The Morgan fingerprint density at radius 3 is 2.94 bits per heavy atom. The van der Waals surface area contributed by atoms with Crippen molar-refractivity contribution in [2.75, 3.05) is 13.2 Å². The van der Waals surface area contributed by atoms with Crippen molar-refractivity contribution >= 4 is 5.97 Å². The molecule has 18 heavy (non-hydrogen) atoms. The molecule has 2 aliphatic heterocycles. The molecule has 0 spiro atoms. The Bertz CT molecular complexity index is 421. The zero-order valence-electron chi connectivity index (χ0n) is 10.9. The summed E-state index contributed by atoms with van der Waals surface area (Å²) in [5.41, 5.74) is 1.07. The number of carbonyl (C=O) groups excluding carboxylic acids is 1. The van der Waals surface area contributed by atoms with Gasteiger partial charge >= 0.3 is 5.97 Å². The van der Waals surface area contributed by atoms with Gasteiger partial charge in [0.1, 0.15) is 0 Å². The van der Waals surface area contributed by atoms with E-state index in [1.807, 2.05) is 0 Å². The predicted octanol–water partition coefficient (Wildman–Crippen LogP) is 2.31. The molecule has 2 aliphatic carbocycles. The standard InChI is InChI=1S/C15H20O3/c1-15(8-18-15)12-6-5-9-3-2-4-10-11(13(9)12)7-17-14(10)16/h4,9,11-13H,2-3,5-8H2,1H3/t9-,11-,12-,13-,15+/m1/s1. The van der Waals surface area contributed by atoms with E-state index in [0.29, 0.717) is 24.4 Å². The van der Waals surface area contributed by atoms with Crippen molar-refractivity contribution in [3.63, 3.8) is 0 Å². The van der Waals surface area contributed by atoms with Crippen LogP contribution in [0.4, 0.5) is 0 Å². The van der Waals surface area contributed by atoms with E-state index in [0.717, 1.165) is 24.5 Å². The maximum atomic E-state index is 11.8. The van der Waals surface area contributed by atoms with E-state index < -0.39 is 0 Å². The summed E-state index contributed by atoms with van der Waals surface area (Å²) in [4.78, 5) is 11.8. The van der Waals surface area contributed by atoms with Gasteiger partial charge in [0.2, 0.25) is 0 Å². The summed E-state index contributed by atoms with van der Waals surface area (Å²) in [5, 5.41) is 0. The average molecular weight is 248 g/mol. The molecule has 3 nitrogen and oxygen atoms in total. The van der Waals surface area contributed by atoms with Crippen molar-refractivity contribution in [2.45, 2.75) is 38.2 Å². The number of fused-ring (bicyclic) bond motifs is 3. The number of hydrogen-bond donors (Lipinski definition) is 0. The molecule has 4 rings (SSSR count). The van der Waals surface area contributed by atoms with Crippen LogP contribution in [0.3, 0.4) is 0 Å². The summed E-state index contributed by atoms with van der Waals surface area (Å²) in [6.45, 7) is 3.76. The number of rotatable bonds is 1.